The number of amides is 1. The van der Waals surface area contributed by atoms with Crippen LogP contribution in [-0.2, 0) is 12.8 Å². The summed E-state index contributed by atoms with van der Waals surface area (Å²) in [6.45, 7) is 0.0412. The van der Waals surface area contributed by atoms with Crippen LogP contribution in [0.4, 0.5) is 17.6 Å². The first-order valence-corrected chi connectivity index (χ1v) is 8.80. The Bertz CT molecular complexity index is 1060. The molecule has 0 aliphatic heterocycles. The number of benzene rings is 3. The summed E-state index contributed by atoms with van der Waals surface area (Å²) in [5.41, 5.74) is 2.08. The molecule has 0 unspecified atom stereocenters. The van der Waals surface area contributed by atoms with Gasteiger partial charge in [0.1, 0.15) is 18.2 Å². The average molecular weight is 416 g/mol. The van der Waals surface area contributed by atoms with E-state index in [1.807, 2.05) is 0 Å². The SMILES string of the molecule is O=C(N/N=C\c1cccc(OCc2ccccc2F)c1)c1cccc(C(F)(F)F)c1. The molecule has 3 aromatic carbocycles. The third-order valence-corrected chi connectivity index (χ3v) is 4.04. The van der Waals surface area contributed by atoms with Gasteiger partial charge in [0.2, 0.25) is 0 Å². The van der Waals surface area contributed by atoms with Crippen LogP contribution in [-0.4, -0.2) is 12.1 Å². The number of hydrogen-bond donors (Lipinski definition) is 1. The molecule has 0 aliphatic rings. The highest BCUT2D eigenvalue weighted by molar-refractivity contribution is 5.95. The second-order valence-corrected chi connectivity index (χ2v) is 6.23. The molecule has 1 N–H and O–H groups in total. The molecule has 0 aromatic heterocycles. The Kier molecular flexibility index (Phi) is 6.46. The largest absolute Gasteiger partial charge is 0.489 e. The lowest BCUT2D eigenvalue weighted by molar-refractivity contribution is -0.137. The number of ether oxygens (including phenoxy) is 1. The van der Waals surface area contributed by atoms with Gasteiger partial charge in [0.05, 0.1) is 11.8 Å². The van der Waals surface area contributed by atoms with Gasteiger partial charge in [0.25, 0.3) is 5.91 Å². The van der Waals surface area contributed by atoms with Crippen molar-refractivity contribution in [1.29, 1.82) is 0 Å². The molecular weight excluding hydrogens is 400 g/mol. The van der Waals surface area contributed by atoms with Gasteiger partial charge in [-0.05, 0) is 42.0 Å². The third-order valence-electron chi connectivity index (χ3n) is 4.04. The molecule has 0 bridgehead atoms. The molecule has 0 fully saturated rings. The highest BCUT2D eigenvalue weighted by Gasteiger charge is 2.30. The lowest BCUT2D eigenvalue weighted by atomic mass is 10.1. The Morgan fingerprint density at radius 1 is 1.00 bits per heavy atom. The van der Waals surface area contributed by atoms with Gasteiger partial charge in [-0.3, -0.25) is 4.79 Å². The molecule has 3 aromatic rings. The van der Waals surface area contributed by atoms with Crippen molar-refractivity contribution >= 4 is 12.1 Å². The number of nitrogens with one attached hydrogen (secondary N) is 1. The van der Waals surface area contributed by atoms with Crippen molar-refractivity contribution in [3.8, 4) is 5.75 Å². The summed E-state index contributed by atoms with van der Waals surface area (Å²) in [6, 6.07) is 17.0. The predicted molar refractivity (Wildman–Crippen MR) is 104 cm³/mol. The van der Waals surface area contributed by atoms with E-state index in [0.717, 1.165) is 18.2 Å². The number of hydrazone groups is 1. The Morgan fingerprint density at radius 3 is 2.53 bits per heavy atom. The fourth-order valence-corrected chi connectivity index (χ4v) is 2.53. The lowest BCUT2D eigenvalue weighted by Gasteiger charge is -2.08. The molecule has 4 nitrogen and oxygen atoms in total. The molecule has 0 heterocycles. The van der Waals surface area contributed by atoms with Crippen LogP contribution in [0, 0.1) is 5.82 Å². The number of halogens is 4. The van der Waals surface area contributed by atoms with Gasteiger partial charge < -0.3 is 4.74 Å². The monoisotopic (exact) mass is 416 g/mol. The molecule has 0 saturated heterocycles. The van der Waals surface area contributed by atoms with Crippen molar-refractivity contribution < 1.29 is 27.1 Å². The molecule has 30 heavy (non-hydrogen) atoms. The Labute approximate surface area is 169 Å². The summed E-state index contributed by atoms with van der Waals surface area (Å²) in [4.78, 5) is 12.0. The predicted octanol–water partition coefficient (Wildman–Crippen LogP) is 5.19. The summed E-state index contributed by atoms with van der Waals surface area (Å²) in [5.74, 6) is -0.678. The molecule has 0 spiro atoms. The molecule has 154 valence electrons. The van der Waals surface area contributed by atoms with Crippen LogP contribution in [0.15, 0.2) is 77.9 Å². The summed E-state index contributed by atoms with van der Waals surface area (Å²) < 4.78 is 57.4. The Morgan fingerprint density at radius 2 is 1.77 bits per heavy atom. The van der Waals surface area contributed by atoms with Gasteiger partial charge in [-0.1, -0.05) is 36.4 Å². The normalized spacial score (nSPS) is 11.5. The van der Waals surface area contributed by atoms with Crippen LogP contribution in [0.25, 0.3) is 0 Å². The maximum absolute atomic E-state index is 13.6. The van der Waals surface area contributed by atoms with Crippen molar-refractivity contribution in [1.82, 2.24) is 5.43 Å². The lowest BCUT2D eigenvalue weighted by Crippen LogP contribution is -2.18. The van der Waals surface area contributed by atoms with Crippen molar-refractivity contribution in [3.63, 3.8) is 0 Å². The summed E-state index contributed by atoms with van der Waals surface area (Å²) >= 11 is 0. The quantitative estimate of drug-likeness (QED) is 0.342. The molecular formula is C22H16F4N2O2. The third kappa shape index (κ3) is 5.66. The fourth-order valence-electron chi connectivity index (χ4n) is 2.53. The number of carbonyl (C=O) groups excluding carboxylic acids is 1. The number of alkyl halides is 3. The number of carbonyl (C=O) groups is 1. The van der Waals surface area contributed by atoms with Crippen LogP contribution in [0.1, 0.15) is 27.0 Å². The highest BCUT2D eigenvalue weighted by atomic mass is 19.4. The minimum atomic E-state index is -4.54. The molecule has 1 amide bonds. The van der Waals surface area contributed by atoms with E-state index in [2.05, 4.69) is 10.5 Å². The van der Waals surface area contributed by atoms with Gasteiger partial charge in [-0.25, -0.2) is 9.82 Å². The van der Waals surface area contributed by atoms with E-state index in [9.17, 15) is 22.4 Å². The minimum absolute atomic E-state index is 0.0412. The second kappa shape index (κ2) is 9.21. The summed E-state index contributed by atoms with van der Waals surface area (Å²) in [7, 11) is 0. The first-order chi connectivity index (χ1) is 14.3. The molecule has 0 saturated carbocycles. The van der Waals surface area contributed by atoms with Crippen molar-refractivity contribution in [2.45, 2.75) is 12.8 Å². The van der Waals surface area contributed by atoms with Crippen LogP contribution in [0.5, 0.6) is 5.75 Å². The van der Waals surface area contributed by atoms with E-state index in [0.29, 0.717) is 16.9 Å². The van der Waals surface area contributed by atoms with E-state index < -0.39 is 17.6 Å². The fraction of sp³-hybridized carbons (Fsp3) is 0.0909. The van der Waals surface area contributed by atoms with E-state index in [-0.39, 0.29) is 18.0 Å². The molecule has 0 aliphatic carbocycles. The Balaban J connectivity index is 1.61. The van der Waals surface area contributed by atoms with Crippen LogP contribution in [0.3, 0.4) is 0 Å². The van der Waals surface area contributed by atoms with Gasteiger partial charge >= 0.3 is 6.18 Å². The van der Waals surface area contributed by atoms with E-state index >= 15 is 0 Å². The topological polar surface area (TPSA) is 50.7 Å². The maximum Gasteiger partial charge on any atom is 0.416 e. The molecule has 8 heteroatoms. The van der Waals surface area contributed by atoms with Gasteiger partial charge in [-0.15, -0.1) is 0 Å². The molecule has 0 radical (unpaired) electrons. The minimum Gasteiger partial charge on any atom is -0.489 e. The highest BCUT2D eigenvalue weighted by Crippen LogP contribution is 2.29. The first-order valence-electron chi connectivity index (χ1n) is 8.80. The van der Waals surface area contributed by atoms with Gasteiger partial charge in [0.15, 0.2) is 0 Å². The maximum atomic E-state index is 13.6. The van der Waals surface area contributed by atoms with Crippen molar-refractivity contribution in [2.24, 2.45) is 5.10 Å². The second-order valence-electron chi connectivity index (χ2n) is 6.23. The Hall–Kier alpha value is -3.68. The summed E-state index contributed by atoms with van der Waals surface area (Å²) in [6.07, 6.45) is -3.22. The van der Waals surface area contributed by atoms with Crippen LogP contribution < -0.4 is 10.2 Å². The number of nitrogens with zero attached hydrogens (tertiary/aromatic N) is 1. The van der Waals surface area contributed by atoms with Crippen LogP contribution in [0.2, 0.25) is 0 Å². The summed E-state index contributed by atoms with van der Waals surface area (Å²) in [5, 5.41) is 3.76. The number of rotatable bonds is 6. The first kappa shape index (κ1) is 21.0. The van der Waals surface area contributed by atoms with Crippen molar-refractivity contribution in [3.05, 3.63) is 101 Å². The smallest absolute Gasteiger partial charge is 0.416 e. The van der Waals surface area contributed by atoms with Gasteiger partial charge in [0, 0.05) is 11.1 Å². The number of hydrogen-bond acceptors (Lipinski definition) is 3. The van der Waals surface area contributed by atoms with E-state index in [1.54, 1.807) is 42.5 Å². The molecule has 3 rings (SSSR count). The molecule has 0 atom stereocenters. The van der Waals surface area contributed by atoms with E-state index in [1.165, 1.54) is 18.3 Å². The average Bonchev–Trinajstić information content (AvgIpc) is 2.73. The van der Waals surface area contributed by atoms with Crippen molar-refractivity contribution in [2.75, 3.05) is 0 Å². The standard InChI is InChI=1S/C22H16F4N2O2/c23-20-10-2-1-6-17(20)14-30-19-9-3-5-15(11-19)13-27-28-21(29)16-7-4-8-18(12-16)22(24,25)26/h1-13H,14H2,(H,28,29)/b27-13-. The zero-order valence-corrected chi connectivity index (χ0v) is 15.5. The zero-order valence-electron chi connectivity index (χ0n) is 15.5. The van der Waals surface area contributed by atoms with E-state index in [4.69, 9.17) is 4.74 Å². The zero-order chi connectivity index (χ0) is 21.6. The van der Waals surface area contributed by atoms with Gasteiger partial charge in [-0.2, -0.15) is 18.3 Å². The van der Waals surface area contributed by atoms with Crippen LogP contribution >= 0.6 is 0 Å².